The standard InChI is InChI=1S/C18H28N8/c1-24-16(13-25-9-3-2-4-10-25)22-23-17(24)14-6-5-11-26(12-14)18-20-8-7-15(19)21-18/h7-8,14H,2-6,9-13H2,1H3,(H2,19,20,21)/t14-/m1/s1. The molecule has 2 aliphatic rings. The zero-order valence-electron chi connectivity index (χ0n) is 15.5. The van der Waals surface area contributed by atoms with Crippen molar-refractivity contribution >= 4 is 11.8 Å². The van der Waals surface area contributed by atoms with Crippen molar-refractivity contribution in [3.05, 3.63) is 23.9 Å². The molecule has 26 heavy (non-hydrogen) atoms. The Hall–Kier alpha value is -2.22. The summed E-state index contributed by atoms with van der Waals surface area (Å²) in [4.78, 5) is 13.5. The molecule has 140 valence electrons. The van der Waals surface area contributed by atoms with Gasteiger partial charge in [0.05, 0.1) is 6.54 Å². The fraction of sp³-hybridized carbons (Fsp3) is 0.667. The summed E-state index contributed by atoms with van der Waals surface area (Å²) in [5, 5.41) is 9.04. The Morgan fingerprint density at radius 2 is 1.96 bits per heavy atom. The van der Waals surface area contributed by atoms with Crippen LogP contribution in [0.3, 0.4) is 0 Å². The summed E-state index contributed by atoms with van der Waals surface area (Å²) in [6, 6.07) is 1.72. The van der Waals surface area contributed by atoms with E-state index in [0.717, 1.165) is 44.1 Å². The van der Waals surface area contributed by atoms with Gasteiger partial charge in [-0.25, -0.2) is 4.98 Å². The van der Waals surface area contributed by atoms with Crippen LogP contribution in [0.1, 0.15) is 49.7 Å². The number of hydrogen-bond donors (Lipinski definition) is 1. The largest absolute Gasteiger partial charge is 0.384 e. The van der Waals surface area contributed by atoms with Gasteiger partial charge < -0.3 is 15.2 Å². The predicted octanol–water partition coefficient (Wildman–Crippen LogP) is 1.56. The molecule has 1 atom stereocenters. The number of rotatable bonds is 4. The normalized spacial score (nSPS) is 21.9. The van der Waals surface area contributed by atoms with Gasteiger partial charge in [-0.05, 0) is 44.8 Å². The minimum Gasteiger partial charge on any atom is -0.384 e. The quantitative estimate of drug-likeness (QED) is 0.889. The zero-order valence-corrected chi connectivity index (χ0v) is 15.5. The number of anilines is 2. The Balaban J connectivity index is 1.46. The summed E-state index contributed by atoms with van der Waals surface area (Å²) >= 11 is 0. The Morgan fingerprint density at radius 3 is 2.77 bits per heavy atom. The first-order chi connectivity index (χ1) is 12.7. The Morgan fingerprint density at radius 1 is 1.12 bits per heavy atom. The Kier molecular flexibility index (Phi) is 5.01. The molecule has 2 aliphatic heterocycles. The fourth-order valence-electron chi connectivity index (χ4n) is 4.07. The monoisotopic (exact) mass is 356 g/mol. The van der Waals surface area contributed by atoms with E-state index in [2.05, 4.69) is 41.6 Å². The average molecular weight is 356 g/mol. The maximum Gasteiger partial charge on any atom is 0.227 e. The predicted molar refractivity (Wildman–Crippen MR) is 101 cm³/mol. The highest BCUT2D eigenvalue weighted by Gasteiger charge is 2.27. The lowest BCUT2D eigenvalue weighted by atomic mass is 9.97. The molecule has 4 rings (SSSR count). The maximum absolute atomic E-state index is 5.82. The first kappa shape index (κ1) is 17.2. The lowest BCUT2D eigenvalue weighted by Crippen LogP contribution is -2.36. The molecule has 8 nitrogen and oxygen atoms in total. The van der Waals surface area contributed by atoms with Gasteiger partial charge in [-0.2, -0.15) is 4.98 Å². The van der Waals surface area contributed by atoms with Gasteiger partial charge in [0.2, 0.25) is 5.95 Å². The van der Waals surface area contributed by atoms with Gasteiger partial charge >= 0.3 is 0 Å². The van der Waals surface area contributed by atoms with Gasteiger partial charge in [-0.3, -0.25) is 4.90 Å². The van der Waals surface area contributed by atoms with Crippen LogP contribution in [0.2, 0.25) is 0 Å². The van der Waals surface area contributed by atoms with Gasteiger partial charge in [-0.1, -0.05) is 6.42 Å². The molecule has 4 heterocycles. The maximum atomic E-state index is 5.82. The van der Waals surface area contributed by atoms with Crippen LogP contribution in [0.5, 0.6) is 0 Å². The fourth-order valence-corrected chi connectivity index (χ4v) is 4.07. The smallest absolute Gasteiger partial charge is 0.227 e. The zero-order chi connectivity index (χ0) is 17.9. The summed E-state index contributed by atoms with van der Waals surface area (Å²) in [7, 11) is 2.10. The molecular formula is C18H28N8. The van der Waals surface area contributed by atoms with Crippen molar-refractivity contribution in [2.45, 2.75) is 44.6 Å². The molecule has 2 N–H and O–H groups in total. The lowest BCUT2D eigenvalue weighted by Gasteiger charge is -2.32. The average Bonchev–Trinajstić information content (AvgIpc) is 3.03. The Bertz CT molecular complexity index is 737. The van der Waals surface area contributed by atoms with Crippen molar-refractivity contribution in [1.82, 2.24) is 29.6 Å². The number of hydrogen-bond acceptors (Lipinski definition) is 7. The number of piperidine rings is 2. The molecule has 0 amide bonds. The molecule has 0 spiro atoms. The highest BCUT2D eigenvalue weighted by atomic mass is 15.3. The lowest BCUT2D eigenvalue weighted by molar-refractivity contribution is 0.213. The van der Waals surface area contributed by atoms with E-state index >= 15 is 0 Å². The van der Waals surface area contributed by atoms with Gasteiger partial charge in [-0.15, -0.1) is 10.2 Å². The molecule has 8 heteroatoms. The summed E-state index contributed by atoms with van der Waals surface area (Å²) in [5.41, 5.74) is 5.82. The van der Waals surface area contributed by atoms with Gasteiger partial charge in [0.1, 0.15) is 17.5 Å². The highest BCUT2D eigenvalue weighted by molar-refractivity contribution is 5.38. The van der Waals surface area contributed by atoms with E-state index in [0.29, 0.717) is 17.7 Å². The topological polar surface area (TPSA) is 89.0 Å². The van der Waals surface area contributed by atoms with Crippen molar-refractivity contribution < 1.29 is 0 Å². The summed E-state index contributed by atoms with van der Waals surface area (Å²) < 4.78 is 2.20. The molecular weight excluding hydrogens is 328 g/mol. The van der Waals surface area contributed by atoms with Crippen molar-refractivity contribution in [1.29, 1.82) is 0 Å². The number of nitrogens with two attached hydrogens (primary N) is 1. The number of nitrogen functional groups attached to an aromatic ring is 1. The first-order valence-electron chi connectivity index (χ1n) is 9.64. The third-order valence-electron chi connectivity index (χ3n) is 5.55. The van der Waals surface area contributed by atoms with Crippen LogP contribution in [-0.4, -0.2) is 55.8 Å². The third kappa shape index (κ3) is 3.65. The van der Waals surface area contributed by atoms with Crippen molar-refractivity contribution in [3.8, 4) is 0 Å². The number of nitrogens with zero attached hydrogens (tertiary/aromatic N) is 7. The van der Waals surface area contributed by atoms with Crippen LogP contribution in [0.15, 0.2) is 12.3 Å². The minimum absolute atomic E-state index is 0.349. The second kappa shape index (κ2) is 7.57. The first-order valence-corrected chi connectivity index (χ1v) is 9.64. The molecule has 0 aliphatic carbocycles. The minimum atomic E-state index is 0.349. The second-order valence-corrected chi connectivity index (χ2v) is 7.44. The van der Waals surface area contributed by atoms with Crippen LogP contribution in [-0.2, 0) is 13.6 Å². The molecule has 0 aromatic carbocycles. The van der Waals surface area contributed by atoms with Gasteiger partial charge in [0.25, 0.3) is 0 Å². The van der Waals surface area contributed by atoms with Gasteiger partial charge in [0.15, 0.2) is 0 Å². The van der Waals surface area contributed by atoms with E-state index in [-0.39, 0.29) is 0 Å². The molecule has 0 unspecified atom stereocenters. The molecule has 2 fully saturated rings. The van der Waals surface area contributed by atoms with Crippen LogP contribution >= 0.6 is 0 Å². The molecule has 2 aromatic rings. The van der Waals surface area contributed by atoms with Crippen LogP contribution in [0.25, 0.3) is 0 Å². The van der Waals surface area contributed by atoms with E-state index in [9.17, 15) is 0 Å². The SMILES string of the molecule is Cn1c(CN2CCCCC2)nnc1[C@@H]1CCCN(c2nccc(N)n2)C1. The Labute approximate surface area is 154 Å². The molecule has 0 bridgehead atoms. The van der Waals surface area contributed by atoms with Crippen molar-refractivity contribution in [2.75, 3.05) is 36.8 Å². The van der Waals surface area contributed by atoms with Crippen molar-refractivity contribution in [2.24, 2.45) is 7.05 Å². The van der Waals surface area contributed by atoms with E-state index in [1.807, 2.05) is 0 Å². The summed E-state index contributed by atoms with van der Waals surface area (Å²) in [6.45, 7) is 5.06. The van der Waals surface area contributed by atoms with Crippen LogP contribution in [0.4, 0.5) is 11.8 Å². The molecule has 0 saturated carbocycles. The van der Waals surface area contributed by atoms with Gasteiger partial charge in [0, 0.05) is 32.3 Å². The molecule has 2 saturated heterocycles. The van der Waals surface area contributed by atoms with E-state index in [1.165, 1.54) is 32.4 Å². The summed E-state index contributed by atoms with van der Waals surface area (Å²) in [6.07, 6.45) is 7.88. The molecule has 0 radical (unpaired) electrons. The summed E-state index contributed by atoms with van der Waals surface area (Å²) in [5.74, 6) is 3.72. The number of likely N-dealkylation sites (tertiary alicyclic amines) is 1. The second-order valence-electron chi connectivity index (χ2n) is 7.44. The molecule has 2 aromatic heterocycles. The van der Waals surface area contributed by atoms with Crippen LogP contribution < -0.4 is 10.6 Å². The van der Waals surface area contributed by atoms with E-state index < -0.39 is 0 Å². The van der Waals surface area contributed by atoms with Crippen molar-refractivity contribution in [3.63, 3.8) is 0 Å². The third-order valence-corrected chi connectivity index (χ3v) is 5.55. The van der Waals surface area contributed by atoms with Crippen LogP contribution in [0, 0.1) is 0 Å². The highest BCUT2D eigenvalue weighted by Crippen LogP contribution is 2.28. The number of aromatic nitrogens is 5. The van der Waals surface area contributed by atoms with E-state index in [4.69, 9.17) is 5.73 Å². The van der Waals surface area contributed by atoms with E-state index in [1.54, 1.807) is 12.3 Å².